The molecule has 0 saturated carbocycles. The molecule has 0 aromatic heterocycles. The average molecular weight is 523 g/mol. The van der Waals surface area contributed by atoms with Crippen LogP contribution in [-0.4, -0.2) is 63.4 Å². The number of epoxide rings is 2. The molecule has 38 heavy (non-hydrogen) atoms. The quantitative estimate of drug-likeness (QED) is 0.195. The van der Waals surface area contributed by atoms with Crippen LogP contribution in [0.2, 0.25) is 0 Å². The zero-order valence-corrected chi connectivity index (χ0v) is 21.7. The van der Waals surface area contributed by atoms with Gasteiger partial charge < -0.3 is 37.9 Å². The number of para-hydroxylation sites is 2. The molecule has 0 spiro atoms. The number of hydrogen-bond donors (Lipinski definition) is 0. The Hall–Kier alpha value is -3.30. The van der Waals surface area contributed by atoms with Gasteiger partial charge in [-0.15, -0.1) is 0 Å². The maximum Gasteiger partial charge on any atom is 0.242 e. The maximum atomic E-state index is 6.15. The molecular formula is C30H34O8. The van der Waals surface area contributed by atoms with Crippen molar-refractivity contribution in [2.24, 2.45) is 0 Å². The van der Waals surface area contributed by atoms with Crippen molar-refractivity contribution in [1.29, 1.82) is 0 Å². The zero-order valence-electron chi connectivity index (χ0n) is 21.7. The second-order valence-electron chi connectivity index (χ2n) is 9.68. The third-order valence-electron chi connectivity index (χ3n) is 5.92. The van der Waals surface area contributed by atoms with Gasteiger partial charge in [-0.2, -0.15) is 0 Å². The number of benzene rings is 3. The summed E-state index contributed by atoms with van der Waals surface area (Å²) in [6.07, 6.45) is 0.207. The van der Waals surface area contributed by atoms with Gasteiger partial charge in [-0.1, -0.05) is 42.5 Å². The molecule has 2 saturated heterocycles. The predicted molar refractivity (Wildman–Crippen MR) is 140 cm³/mol. The lowest BCUT2D eigenvalue weighted by molar-refractivity contribution is -0.190. The minimum absolute atomic E-state index is 0.103. The molecule has 2 aliphatic rings. The van der Waals surface area contributed by atoms with E-state index in [0.717, 1.165) is 0 Å². The van der Waals surface area contributed by atoms with Crippen molar-refractivity contribution in [3.8, 4) is 23.0 Å². The van der Waals surface area contributed by atoms with E-state index in [1.807, 2.05) is 98.8 Å². The molecule has 0 N–H and O–H groups in total. The number of ether oxygens (including phenoxy) is 8. The summed E-state index contributed by atoms with van der Waals surface area (Å²) in [5.41, 5.74) is 0. The van der Waals surface area contributed by atoms with Gasteiger partial charge in [0.15, 0.2) is 13.2 Å². The van der Waals surface area contributed by atoms with Crippen molar-refractivity contribution in [2.75, 3.05) is 39.6 Å². The van der Waals surface area contributed by atoms with Gasteiger partial charge in [0.25, 0.3) is 0 Å². The van der Waals surface area contributed by atoms with Gasteiger partial charge in [0.2, 0.25) is 11.6 Å². The molecule has 0 radical (unpaired) electrons. The van der Waals surface area contributed by atoms with Crippen LogP contribution in [0.3, 0.4) is 0 Å². The first-order valence-corrected chi connectivity index (χ1v) is 12.8. The van der Waals surface area contributed by atoms with Crippen molar-refractivity contribution in [2.45, 2.75) is 37.6 Å². The highest BCUT2D eigenvalue weighted by atomic mass is 16.7. The Balaban J connectivity index is 1.20. The molecule has 3 aromatic carbocycles. The van der Waals surface area contributed by atoms with Gasteiger partial charge in [0, 0.05) is 19.9 Å². The highest BCUT2D eigenvalue weighted by Crippen LogP contribution is 2.27. The second kappa shape index (κ2) is 12.0. The third kappa shape index (κ3) is 8.36. The van der Waals surface area contributed by atoms with Crippen molar-refractivity contribution in [3.05, 3.63) is 84.9 Å². The van der Waals surface area contributed by atoms with Crippen LogP contribution in [0.1, 0.15) is 13.8 Å². The molecule has 8 heteroatoms. The Kier molecular flexibility index (Phi) is 8.34. The Bertz CT molecular complexity index is 1050. The third-order valence-corrected chi connectivity index (χ3v) is 5.92. The largest absolute Gasteiger partial charge is 0.487 e. The van der Waals surface area contributed by atoms with Gasteiger partial charge >= 0.3 is 0 Å². The van der Waals surface area contributed by atoms with E-state index >= 15 is 0 Å². The van der Waals surface area contributed by atoms with E-state index in [2.05, 4.69) is 0 Å². The van der Waals surface area contributed by atoms with Crippen molar-refractivity contribution in [3.63, 3.8) is 0 Å². The van der Waals surface area contributed by atoms with E-state index in [1.165, 1.54) is 0 Å². The predicted octanol–water partition coefficient (Wildman–Crippen LogP) is 4.87. The summed E-state index contributed by atoms with van der Waals surface area (Å²) in [5, 5.41) is 0. The first-order valence-electron chi connectivity index (χ1n) is 12.8. The Labute approximate surface area is 223 Å². The molecule has 202 valence electrons. The summed E-state index contributed by atoms with van der Waals surface area (Å²) in [4.78, 5) is 0. The van der Waals surface area contributed by atoms with E-state index in [1.54, 1.807) is 0 Å². The molecule has 3 aromatic rings. The van der Waals surface area contributed by atoms with Crippen LogP contribution in [0.4, 0.5) is 0 Å². The van der Waals surface area contributed by atoms with Gasteiger partial charge in [-0.25, -0.2) is 0 Å². The summed E-state index contributed by atoms with van der Waals surface area (Å²) in [6, 6.07) is 26.5. The SMILES string of the molecule is CC(COc1cccc(OCC(C)(OCC2CO2)Oc2ccccc2)c1)(OCC1CO1)Oc1ccccc1. The second-order valence-corrected chi connectivity index (χ2v) is 9.68. The van der Waals surface area contributed by atoms with E-state index in [4.69, 9.17) is 37.9 Å². The fourth-order valence-corrected chi connectivity index (χ4v) is 3.63. The molecule has 2 fully saturated rings. The van der Waals surface area contributed by atoms with Crippen molar-refractivity contribution in [1.82, 2.24) is 0 Å². The molecule has 0 bridgehead atoms. The molecule has 4 unspecified atom stereocenters. The van der Waals surface area contributed by atoms with E-state index in [9.17, 15) is 0 Å². The smallest absolute Gasteiger partial charge is 0.242 e. The van der Waals surface area contributed by atoms with Gasteiger partial charge in [0.1, 0.15) is 35.2 Å². The highest BCUT2D eigenvalue weighted by Gasteiger charge is 2.35. The number of rotatable bonds is 16. The highest BCUT2D eigenvalue weighted by molar-refractivity contribution is 5.33. The minimum Gasteiger partial charge on any atom is -0.487 e. The fraction of sp³-hybridized carbons (Fsp3) is 0.400. The summed E-state index contributed by atoms with van der Waals surface area (Å²) in [7, 11) is 0. The standard InChI is InChI=1S/C30H34O8/c1-29(35-19-27-17-31-27,37-23-10-5-3-6-11-23)21-33-25-14-9-15-26(16-25)34-22-30(2,36-20-28-18-32-28)38-24-12-7-4-8-13-24/h3-16,27-28H,17-22H2,1-2H3. The summed E-state index contributed by atoms with van der Waals surface area (Å²) >= 11 is 0. The van der Waals surface area contributed by atoms with Crippen LogP contribution in [0.25, 0.3) is 0 Å². The topological polar surface area (TPSA) is 80.4 Å². The average Bonchev–Trinajstić information content (AvgIpc) is 3.86. The molecular weight excluding hydrogens is 488 g/mol. The van der Waals surface area contributed by atoms with Gasteiger partial charge in [-0.05, 0) is 36.4 Å². The summed E-state index contributed by atoms with van der Waals surface area (Å²) in [5.74, 6) is 0.614. The van der Waals surface area contributed by atoms with Crippen LogP contribution in [-0.2, 0) is 18.9 Å². The summed E-state index contributed by atoms with van der Waals surface area (Å²) < 4.78 is 47.2. The van der Waals surface area contributed by atoms with E-state index < -0.39 is 11.6 Å². The molecule has 5 rings (SSSR count). The lowest BCUT2D eigenvalue weighted by atomic mass is 10.3. The summed E-state index contributed by atoms with van der Waals surface area (Å²) in [6.45, 7) is 6.31. The fourth-order valence-electron chi connectivity index (χ4n) is 3.63. The maximum absolute atomic E-state index is 6.15. The monoisotopic (exact) mass is 522 g/mol. The molecule has 4 atom stereocenters. The van der Waals surface area contributed by atoms with E-state index in [0.29, 0.717) is 49.4 Å². The van der Waals surface area contributed by atoms with Crippen molar-refractivity contribution >= 4 is 0 Å². The van der Waals surface area contributed by atoms with Crippen LogP contribution in [0.15, 0.2) is 84.9 Å². The minimum atomic E-state index is -1.01. The first kappa shape index (κ1) is 26.3. The molecule has 0 aliphatic carbocycles. The lowest BCUT2D eigenvalue weighted by Crippen LogP contribution is -2.43. The van der Waals surface area contributed by atoms with E-state index in [-0.39, 0.29) is 25.4 Å². The lowest BCUT2D eigenvalue weighted by Gasteiger charge is -2.31. The first-order chi connectivity index (χ1) is 18.5. The Morgan fingerprint density at radius 2 is 1.00 bits per heavy atom. The Morgan fingerprint density at radius 3 is 1.39 bits per heavy atom. The molecule has 2 heterocycles. The van der Waals surface area contributed by atoms with Crippen LogP contribution in [0.5, 0.6) is 23.0 Å². The van der Waals surface area contributed by atoms with Crippen molar-refractivity contribution < 1.29 is 37.9 Å². The van der Waals surface area contributed by atoms with Crippen LogP contribution in [0, 0.1) is 0 Å². The van der Waals surface area contributed by atoms with Gasteiger partial charge in [-0.3, -0.25) is 0 Å². The number of hydrogen-bond acceptors (Lipinski definition) is 8. The zero-order chi connectivity index (χ0) is 26.3. The molecule has 8 nitrogen and oxygen atoms in total. The normalized spacial score (nSPS) is 21.0. The van der Waals surface area contributed by atoms with Crippen LogP contribution >= 0.6 is 0 Å². The van der Waals surface area contributed by atoms with Gasteiger partial charge in [0.05, 0.1) is 26.4 Å². The molecule has 2 aliphatic heterocycles. The molecule has 0 amide bonds. The Morgan fingerprint density at radius 1 is 0.605 bits per heavy atom. The van der Waals surface area contributed by atoms with Crippen LogP contribution < -0.4 is 18.9 Å².